The zero-order valence-electron chi connectivity index (χ0n) is 27.0. The van der Waals surface area contributed by atoms with E-state index in [1.54, 1.807) is 13.2 Å². The number of esters is 1. The van der Waals surface area contributed by atoms with Crippen molar-refractivity contribution < 1.29 is 28.2 Å². The molecule has 1 aliphatic heterocycles. The number of methoxy groups -OCH3 is 1. The Morgan fingerprint density at radius 1 is 1.07 bits per heavy atom. The molecule has 0 amide bonds. The van der Waals surface area contributed by atoms with Crippen LogP contribution in [-0.4, -0.2) is 50.6 Å². The molecule has 0 atom stereocenters. The molecule has 230 valence electrons. The first-order chi connectivity index (χ1) is 19.5. The molecule has 0 unspecified atom stereocenters. The van der Waals surface area contributed by atoms with Crippen molar-refractivity contribution in [1.82, 2.24) is 0 Å². The SMILES string of the molecule is CC.CC.CC(C)(C)OC=O.CCOC(=O)C1CCN(c2ccc(F)c(C(C)=Nc3cc(OC)ccc3C)c2)CC1. The van der Waals surface area contributed by atoms with Crippen molar-refractivity contribution in [2.75, 3.05) is 31.7 Å². The average Bonchev–Trinajstić information content (AvgIpc) is 2.96. The van der Waals surface area contributed by atoms with Crippen molar-refractivity contribution in [2.45, 2.75) is 87.7 Å². The van der Waals surface area contributed by atoms with Gasteiger partial charge in [-0.2, -0.15) is 0 Å². The second-order valence-electron chi connectivity index (χ2n) is 9.85. The minimum absolute atomic E-state index is 0.0551. The summed E-state index contributed by atoms with van der Waals surface area (Å²) in [7, 11) is 1.61. The molecule has 0 bridgehead atoms. The zero-order valence-corrected chi connectivity index (χ0v) is 27.0. The van der Waals surface area contributed by atoms with Crippen molar-refractivity contribution in [3.05, 3.63) is 53.3 Å². The number of benzene rings is 2. The first kappa shape index (κ1) is 37.6. The van der Waals surface area contributed by atoms with E-state index in [0.717, 1.165) is 42.9 Å². The molecule has 7 nitrogen and oxygen atoms in total. The Morgan fingerprint density at radius 2 is 1.68 bits per heavy atom. The number of nitrogens with zero attached hydrogens (tertiary/aromatic N) is 2. The summed E-state index contributed by atoms with van der Waals surface area (Å²) in [5.41, 5.74) is 3.45. The number of halogens is 1. The molecule has 1 fully saturated rings. The predicted octanol–water partition coefficient (Wildman–Crippen LogP) is 8.07. The second-order valence-corrected chi connectivity index (χ2v) is 9.85. The number of anilines is 1. The molecule has 0 aliphatic carbocycles. The number of aliphatic imine (C=N–C) groups is 1. The van der Waals surface area contributed by atoms with Gasteiger partial charge in [0.25, 0.3) is 6.47 Å². The lowest BCUT2D eigenvalue weighted by Gasteiger charge is -2.32. The maximum atomic E-state index is 14.6. The molecule has 0 saturated carbocycles. The van der Waals surface area contributed by atoms with E-state index in [4.69, 9.17) is 9.47 Å². The van der Waals surface area contributed by atoms with Crippen LogP contribution >= 0.6 is 0 Å². The van der Waals surface area contributed by atoms with Gasteiger partial charge in [0.1, 0.15) is 17.2 Å². The predicted molar refractivity (Wildman–Crippen MR) is 167 cm³/mol. The number of carbonyl (C=O) groups is 2. The Kier molecular flexibility index (Phi) is 18.0. The lowest BCUT2D eigenvalue weighted by Crippen LogP contribution is -2.37. The highest BCUT2D eigenvalue weighted by Crippen LogP contribution is 2.28. The number of hydrogen-bond acceptors (Lipinski definition) is 7. The summed E-state index contributed by atoms with van der Waals surface area (Å²) in [6.07, 6.45) is 1.48. The third-order valence-corrected chi connectivity index (χ3v) is 5.93. The van der Waals surface area contributed by atoms with Gasteiger partial charge in [0.15, 0.2) is 0 Å². The van der Waals surface area contributed by atoms with Crippen LogP contribution in [0, 0.1) is 18.7 Å². The molecule has 2 aromatic rings. The molecule has 2 aromatic carbocycles. The maximum Gasteiger partial charge on any atom is 0.309 e. The molecular weight excluding hydrogens is 523 g/mol. The lowest BCUT2D eigenvalue weighted by molar-refractivity contribution is -0.148. The largest absolute Gasteiger partial charge is 0.497 e. The van der Waals surface area contributed by atoms with Crippen LogP contribution in [-0.2, 0) is 19.1 Å². The Balaban J connectivity index is 0.00000125. The Labute approximate surface area is 247 Å². The molecule has 0 N–H and O–H groups in total. The number of rotatable bonds is 7. The van der Waals surface area contributed by atoms with Crippen molar-refractivity contribution in [1.29, 1.82) is 0 Å². The van der Waals surface area contributed by atoms with E-state index < -0.39 is 0 Å². The number of ether oxygens (including phenoxy) is 3. The molecule has 0 radical (unpaired) electrons. The lowest BCUT2D eigenvalue weighted by atomic mass is 9.96. The van der Waals surface area contributed by atoms with E-state index in [-0.39, 0.29) is 23.3 Å². The fraction of sp³-hybridized carbons (Fsp3) is 0.545. The highest BCUT2D eigenvalue weighted by Gasteiger charge is 2.26. The molecule has 3 rings (SSSR count). The standard InChI is InChI=1S/C24H29FN2O3.C5H10O2.2C2H6/c1-5-30-24(28)18-10-12-27(13-11-18)19-7-9-22(25)21(14-19)17(3)26-23-15-20(29-4)8-6-16(23)2;1-5(2,3)7-4-6;2*1-2/h6-9,14-15,18H,5,10-13H2,1-4H3;4H,1-3H3;2*1-2H3. The quantitative estimate of drug-likeness (QED) is 0.189. The van der Waals surface area contributed by atoms with Gasteiger partial charge in [0, 0.05) is 36.1 Å². The number of piperidine rings is 1. The Hall–Kier alpha value is -3.42. The molecule has 0 spiro atoms. The summed E-state index contributed by atoms with van der Waals surface area (Å²) in [6, 6.07) is 10.8. The fourth-order valence-electron chi connectivity index (χ4n) is 3.84. The number of carbonyl (C=O) groups excluding carboxylic acids is 2. The first-order valence-corrected chi connectivity index (χ1v) is 14.5. The van der Waals surface area contributed by atoms with Crippen molar-refractivity contribution in [3.63, 3.8) is 0 Å². The average molecular weight is 575 g/mol. The number of hydrogen-bond donors (Lipinski definition) is 0. The summed E-state index contributed by atoms with van der Waals surface area (Å²) in [4.78, 5) is 28.4. The van der Waals surface area contributed by atoms with E-state index in [9.17, 15) is 14.0 Å². The normalized spacial score (nSPS) is 13.3. The Morgan fingerprint density at radius 3 is 2.17 bits per heavy atom. The van der Waals surface area contributed by atoms with Crippen LogP contribution in [0.15, 0.2) is 41.4 Å². The smallest absolute Gasteiger partial charge is 0.309 e. The van der Waals surface area contributed by atoms with Gasteiger partial charge in [0.05, 0.1) is 25.3 Å². The summed E-state index contributed by atoms with van der Waals surface area (Å²) in [6.45, 7) is 21.4. The van der Waals surface area contributed by atoms with Gasteiger partial charge >= 0.3 is 5.97 Å². The highest BCUT2D eigenvalue weighted by atomic mass is 19.1. The molecule has 1 saturated heterocycles. The minimum atomic E-state index is -0.318. The van der Waals surface area contributed by atoms with E-state index in [2.05, 4.69) is 14.6 Å². The molecule has 1 heterocycles. The monoisotopic (exact) mass is 574 g/mol. The zero-order chi connectivity index (χ0) is 31.6. The van der Waals surface area contributed by atoms with Crippen LogP contribution in [0.3, 0.4) is 0 Å². The van der Waals surface area contributed by atoms with Gasteiger partial charge in [-0.25, -0.2) is 4.39 Å². The van der Waals surface area contributed by atoms with E-state index >= 15 is 0 Å². The van der Waals surface area contributed by atoms with Gasteiger partial charge in [-0.1, -0.05) is 33.8 Å². The van der Waals surface area contributed by atoms with Crippen LogP contribution < -0.4 is 9.64 Å². The van der Waals surface area contributed by atoms with Gasteiger partial charge < -0.3 is 19.1 Å². The highest BCUT2D eigenvalue weighted by molar-refractivity contribution is 6.01. The fourth-order valence-corrected chi connectivity index (χ4v) is 3.84. The number of aryl methyl sites for hydroxylation is 1. The summed E-state index contributed by atoms with van der Waals surface area (Å²) < 4.78 is 29.6. The van der Waals surface area contributed by atoms with Crippen LogP contribution in [0.4, 0.5) is 15.8 Å². The van der Waals surface area contributed by atoms with Gasteiger partial charge in [-0.15, -0.1) is 0 Å². The van der Waals surface area contributed by atoms with Crippen LogP contribution in [0.2, 0.25) is 0 Å². The van der Waals surface area contributed by atoms with E-state index in [1.165, 1.54) is 6.07 Å². The molecule has 8 heteroatoms. The van der Waals surface area contributed by atoms with Crippen LogP contribution in [0.5, 0.6) is 5.75 Å². The maximum absolute atomic E-state index is 14.6. The van der Waals surface area contributed by atoms with E-state index in [1.807, 2.05) is 93.5 Å². The third-order valence-electron chi connectivity index (χ3n) is 5.93. The van der Waals surface area contributed by atoms with Gasteiger partial charge in [0.2, 0.25) is 0 Å². The summed E-state index contributed by atoms with van der Waals surface area (Å²) >= 11 is 0. The van der Waals surface area contributed by atoms with Gasteiger partial charge in [-0.05, 0) is 84.2 Å². The summed E-state index contributed by atoms with van der Waals surface area (Å²) in [5, 5.41) is 0. The summed E-state index contributed by atoms with van der Waals surface area (Å²) in [5.74, 6) is 0.238. The van der Waals surface area contributed by atoms with Crippen LogP contribution in [0.1, 0.15) is 86.3 Å². The molecular formula is C33H51FN2O5. The van der Waals surface area contributed by atoms with Crippen LogP contribution in [0.25, 0.3) is 0 Å². The Bertz CT molecular complexity index is 1090. The molecule has 41 heavy (non-hydrogen) atoms. The molecule has 0 aromatic heterocycles. The second kappa shape index (κ2) is 19.6. The van der Waals surface area contributed by atoms with Crippen molar-refractivity contribution in [2.24, 2.45) is 10.9 Å². The first-order valence-electron chi connectivity index (χ1n) is 14.5. The topological polar surface area (TPSA) is 77.4 Å². The van der Waals surface area contributed by atoms with Gasteiger partial charge in [-0.3, -0.25) is 14.6 Å². The minimum Gasteiger partial charge on any atom is -0.497 e. The van der Waals surface area contributed by atoms with Crippen molar-refractivity contribution >= 4 is 29.5 Å². The van der Waals surface area contributed by atoms with E-state index in [0.29, 0.717) is 30.1 Å². The van der Waals surface area contributed by atoms with Crippen molar-refractivity contribution in [3.8, 4) is 5.75 Å². The third kappa shape index (κ3) is 13.2. The molecule has 1 aliphatic rings.